The Morgan fingerprint density at radius 3 is 2.25 bits per heavy atom. The van der Waals surface area contributed by atoms with Crippen molar-refractivity contribution in [1.82, 2.24) is 9.80 Å². The summed E-state index contributed by atoms with van der Waals surface area (Å²) in [6.07, 6.45) is 8.32. The second-order valence-corrected chi connectivity index (χ2v) is 5.43. The Morgan fingerprint density at radius 1 is 1.25 bits per heavy atom. The van der Waals surface area contributed by atoms with Gasteiger partial charge in [0, 0.05) is 20.1 Å². The summed E-state index contributed by atoms with van der Waals surface area (Å²) >= 11 is 0. The van der Waals surface area contributed by atoms with Gasteiger partial charge >= 0.3 is 0 Å². The lowest BCUT2D eigenvalue weighted by atomic mass is 9.81. The highest BCUT2D eigenvalue weighted by Gasteiger charge is 2.38. The van der Waals surface area contributed by atoms with Crippen LogP contribution in [0.1, 0.15) is 32.1 Å². The fourth-order valence-electron chi connectivity index (χ4n) is 2.76. The number of amides is 1. The molecule has 1 aliphatic rings. The molecule has 1 rings (SSSR count). The minimum atomic E-state index is -0.608. The molecule has 0 radical (unpaired) electrons. The summed E-state index contributed by atoms with van der Waals surface area (Å²) in [7, 11) is 1.76. The van der Waals surface area contributed by atoms with Crippen molar-refractivity contribution in [3.8, 4) is 6.07 Å². The summed E-state index contributed by atoms with van der Waals surface area (Å²) in [5, 5.41) is 9.51. The number of nitrogens with zero attached hydrogens (tertiary/aromatic N) is 3. The monoisotopic (exact) mass is 275 g/mol. The molecule has 0 aromatic rings. The van der Waals surface area contributed by atoms with Crippen molar-refractivity contribution in [2.75, 3.05) is 26.7 Å². The van der Waals surface area contributed by atoms with Gasteiger partial charge in [0.1, 0.15) is 5.54 Å². The summed E-state index contributed by atoms with van der Waals surface area (Å²) < 4.78 is 0. The first-order valence-electron chi connectivity index (χ1n) is 7.21. The van der Waals surface area contributed by atoms with Gasteiger partial charge in [-0.2, -0.15) is 5.26 Å². The van der Waals surface area contributed by atoms with Gasteiger partial charge in [0.15, 0.2) is 0 Å². The van der Waals surface area contributed by atoms with Gasteiger partial charge in [-0.25, -0.2) is 0 Å². The third-order valence-corrected chi connectivity index (χ3v) is 4.04. The van der Waals surface area contributed by atoms with Gasteiger partial charge in [-0.05, 0) is 12.8 Å². The van der Waals surface area contributed by atoms with Crippen molar-refractivity contribution in [2.45, 2.75) is 37.6 Å². The number of carbonyl (C=O) groups is 1. The molecule has 1 aliphatic carbocycles. The minimum Gasteiger partial charge on any atom is -0.326 e. The van der Waals surface area contributed by atoms with Crippen LogP contribution in [0.15, 0.2) is 25.3 Å². The highest BCUT2D eigenvalue weighted by Crippen LogP contribution is 2.32. The number of nitriles is 1. The molecule has 0 N–H and O–H groups in total. The minimum absolute atomic E-state index is 0.00264. The van der Waals surface area contributed by atoms with Gasteiger partial charge in [0.2, 0.25) is 5.91 Å². The van der Waals surface area contributed by atoms with Crippen LogP contribution >= 0.6 is 0 Å². The van der Waals surface area contributed by atoms with E-state index in [0.29, 0.717) is 19.6 Å². The highest BCUT2D eigenvalue weighted by atomic mass is 16.2. The molecule has 4 nitrogen and oxygen atoms in total. The molecular weight excluding hydrogens is 250 g/mol. The summed E-state index contributed by atoms with van der Waals surface area (Å²) in [5.74, 6) is -0.00264. The van der Waals surface area contributed by atoms with E-state index in [9.17, 15) is 10.1 Å². The van der Waals surface area contributed by atoms with Crippen LogP contribution in [-0.4, -0.2) is 47.9 Å². The Balaban J connectivity index is 2.71. The maximum Gasteiger partial charge on any atom is 0.237 e. The summed E-state index contributed by atoms with van der Waals surface area (Å²) in [6, 6.07) is 2.38. The molecule has 0 atom stereocenters. The standard InChI is InChI=1S/C16H25N3O/c1-4-11-19(12-5-2)13-15(20)18(3)16(14-17)9-7-6-8-10-16/h4-5H,1-2,6-13H2,3H3. The zero-order chi connectivity index (χ0) is 15.0. The molecule has 1 fully saturated rings. The van der Waals surface area contributed by atoms with E-state index in [0.717, 1.165) is 32.1 Å². The molecule has 0 aliphatic heterocycles. The van der Waals surface area contributed by atoms with Crippen LogP contribution in [0.2, 0.25) is 0 Å². The first-order valence-corrected chi connectivity index (χ1v) is 7.21. The lowest BCUT2D eigenvalue weighted by Gasteiger charge is -2.39. The summed E-state index contributed by atoms with van der Waals surface area (Å²) in [6.45, 7) is 8.99. The van der Waals surface area contributed by atoms with Gasteiger partial charge in [-0.3, -0.25) is 9.69 Å². The van der Waals surface area contributed by atoms with Gasteiger partial charge in [0.25, 0.3) is 0 Å². The Kier molecular flexibility index (Phi) is 6.47. The molecule has 0 saturated heterocycles. The maximum absolute atomic E-state index is 12.4. The van der Waals surface area contributed by atoms with Crippen LogP contribution in [0.25, 0.3) is 0 Å². The first kappa shape index (κ1) is 16.5. The molecule has 1 saturated carbocycles. The fourth-order valence-corrected chi connectivity index (χ4v) is 2.76. The van der Waals surface area contributed by atoms with E-state index in [1.54, 1.807) is 24.1 Å². The molecule has 0 aromatic heterocycles. The van der Waals surface area contributed by atoms with E-state index in [2.05, 4.69) is 19.2 Å². The van der Waals surface area contributed by atoms with E-state index < -0.39 is 5.54 Å². The van der Waals surface area contributed by atoms with Crippen molar-refractivity contribution in [2.24, 2.45) is 0 Å². The van der Waals surface area contributed by atoms with Crippen LogP contribution in [-0.2, 0) is 4.79 Å². The lowest BCUT2D eigenvalue weighted by molar-refractivity contribution is -0.135. The van der Waals surface area contributed by atoms with Crippen LogP contribution in [0.5, 0.6) is 0 Å². The van der Waals surface area contributed by atoms with Gasteiger partial charge in [-0.1, -0.05) is 31.4 Å². The number of hydrogen-bond acceptors (Lipinski definition) is 3. The third-order valence-electron chi connectivity index (χ3n) is 4.04. The molecule has 20 heavy (non-hydrogen) atoms. The topological polar surface area (TPSA) is 47.3 Å². The van der Waals surface area contributed by atoms with Crippen molar-refractivity contribution in [3.63, 3.8) is 0 Å². The number of rotatable bonds is 7. The van der Waals surface area contributed by atoms with Crippen molar-refractivity contribution in [1.29, 1.82) is 5.26 Å². The molecule has 0 unspecified atom stereocenters. The number of likely N-dealkylation sites (N-methyl/N-ethyl adjacent to an activating group) is 1. The molecule has 4 heteroatoms. The van der Waals surface area contributed by atoms with Crippen LogP contribution < -0.4 is 0 Å². The largest absolute Gasteiger partial charge is 0.326 e. The average Bonchev–Trinajstić information content (AvgIpc) is 2.47. The predicted octanol–water partition coefficient (Wildman–Crippen LogP) is 2.35. The van der Waals surface area contributed by atoms with E-state index in [4.69, 9.17) is 0 Å². The summed E-state index contributed by atoms with van der Waals surface area (Å²) in [4.78, 5) is 16.1. The van der Waals surface area contributed by atoms with Crippen molar-refractivity contribution >= 4 is 5.91 Å². The Bertz CT molecular complexity index is 381. The van der Waals surface area contributed by atoms with Crippen LogP contribution in [0, 0.1) is 11.3 Å². The quantitative estimate of drug-likeness (QED) is 0.670. The molecule has 0 bridgehead atoms. The van der Waals surface area contributed by atoms with E-state index in [1.165, 1.54) is 0 Å². The molecule has 110 valence electrons. The second kappa shape index (κ2) is 7.86. The third kappa shape index (κ3) is 3.94. The Hall–Kier alpha value is -1.60. The molecule has 0 aromatic carbocycles. The fraction of sp³-hybridized carbons (Fsp3) is 0.625. The van der Waals surface area contributed by atoms with Crippen molar-refractivity contribution < 1.29 is 4.79 Å². The second-order valence-electron chi connectivity index (χ2n) is 5.43. The molecule has 0 spiro atoms. The lowest BCUT2D eigenvalue weighted by Crippen LogP contribution is -2.52. The Labute approximate surface area is 122 Å². The number of hydrogen-bond donors (Lipinski definition) is 0. The van der Waals surface area contributed by atoms with E-state index >= 15 is 0 Å². The predicted molar refractivity (Wildman–Crippen MR) is 81.0 cm³/mol. The van der Waals surface area contributed by atoms with Crippen LogP contribution in [0.4, 0.5) is 0 Å². The average molecular weight is 275 g/mol. The van der Waals surface area contributed by atoms with Crippen LogP contribution in [0.3, 0.4) is 0 Å². The van der Waals surface area contributed by atoms with E-state index in [1.807, 2.05) is 4.90 Å². The smallest absolute Gasteiger partial charge is 0.237 e. The van der Waals surface area contributed by atoms with Gasteiger partial charge < -0.3 is 4.90 Å². The maximum atomic E-state index is 12.4. The normalized spacial score (nSPS) is 17.2. The molecule has 1 amide bonds. The molecular formula is C16H25N3O. The zero-order valence-electron chi connectivity index (χ0n) is 12.5. The Morgan fingerprint density at radius 2 is 1.80 bits per heavy atom. The summed E-state index contributed by atoms with van der Waals surface area (Å²) in [5.41, 5.74) is -0.608. The first-order chi connectivity index (χ1) is 9.59. The van der Waals surface area contributed by atoms with E-state index in [-0.39, 0.29) is 5.91 Å². The number of carbonyl (C=O) groups excluding carboxylic acids is 1. The zero-order valence-corrected chi connectivity index (χ0v) is 12.5. The van der Waals surface area contributed by atoms with Gasteiger partial charge in [-0.15, -0.1) is 13.2 Å². The van der Waals surface area contributed by atoms with Crippen molar-refractivity contribution in [3.05, 3.63) is 25.3 Å². The van der Waals surface area contributed by atoms with Gasteiger partial charge in [0.05, 0.1) is 12.6 Å². The SMILES string of the molecule is C=CCN(CC=C)CC(=O)N(C)C1(C#N)CCCCC1. The molecule has 0 heterocycles. The highest BCUT2D eigenvalue weighted by molar-refractivity contribution is 5.79.